The first kappa shape index (κ1) is 13.6. The topological polar surface area (TPSA) is 12.0 Å². The largest absolute Gasteiger partial charge is 0.306 e. The summed E-state index contributed by atoms with van der Waals surface area (Å²) in [6.07, 6.45) is 0. The molecule has 0 amide bonds. The Labute approximate surface area is 118 Å². The molecule has 1 unspecified atom stereocenters. The number of hydrogen-bond acceptors (Lipinski definition) is 2. The van der Waals surface area contributed by atoms with Crippen molar-refractivity contribution in [3.8, 4) is 0 Å². The molecule has 0 spiro atoms. The molecule has 0 radical (unpaired) electrons. The van der Waals surface area contributed by atoms with Crippen LogP contribution in [0.5, 0.6) is 0 Å². The molecular formula is C15H18ClNS. The van der Waals surface area contributed by atoms with E-state index >= 15 is 0 Å². The molecule has 0 aliphatic heterocycles. The summed E-state index contributed by atoms with van der Waals surface area (Å²) in [7, 11) is 0. The van der Waals surface area contributed by atoms with Gasteiger partial charge < -0.3 is 5.32 Å². The van der Waals surface area contributed by atoms with E-state index in [1.165, 1.54) is 16.0 Å². The fourth-order valence-corrected chi connectivity index (χ4v) is 3.38. The van der Waals surface area contributed by atoms with Crippen LogP contribution < -0.4 is 5.32 Å². The van der Waals surface area contributed by atoms with E-state index in [2.05, 4.69) is 56.4 Å². The van der Waals surface area contributed by atoms with Gasteiger partial charge >= 0.3 is 0 Å². The Hall–Kier alpha value is -0.830. The summed E-state index contributed by atoms with van der Waals surface area (Å²) >= 11 is 7.85. The van der Waals surface area contributed by atoms with Crippen molar-refractivity contribution in [2.75, 3.05) is 6.54 Å². The van der Waals surface area contributed by atoms with Crippen LogP contribution in [0.2, 0.25) is 4.34 Å². The predicted octanol–water partition coefficient (Wildman–Crippen LogP) is 4.72. The lowest BCUT2D eigenvalue weighted by Crippen LogP contribution is -2.21. The molecule has 1 atom stereocenters. The van der Waals surface area contributed by atoms with Gasteiger partial charge in [0.1, 0.15) is 0 Å². The minimum Gasteiger partial charge on any atom is -0.306 e. The molecule has 3 heteroatoms. The molecule has 1 aromatic heterocycles. The van der Waals surface area contributed by atoms with Crippen molar-refractivity contribution in [3.05, 3.63) is 56.2 Å². The van der Waals surface area contributed by atoms with Crippen molar-refractivity contribution in [2.24, 2.45) is 0 Å². The third-order valence-corrected chi connectivity index (χ3v) is 4.56. The molecule has 96 valence electrons. The van der Waals surface area contributed by atoms with Gasteiger partial charge in [0.2, 0.25) is 0 Å². The van der Waals surface area contributed by atoms with Crippen molar-refractivity contribution >= 4 is 22.9 Å². The SMILES string of the molecule is CCNC(c1cccc(C)c1)c1cc(C)c(Cl)s1. The Balaban J connectivity index is 2.39. The van der Waals surface area contributed by atoms with Gasteiger partial charge in [0.05, 0.1) is 10.4 Å². The van der Waals surface area contributed by atoms with Crippen LogP contribution in [0.3, 0.4) is 0 Å². The van der Waals surface area contributed by atoms with Gasteiger partial charge in [-0.05, 0) is 37.6 Å². The quantitative estimate of drug-likeness (QED) is 0.854. The molecule has 1 heterocycles. The van der Waals surface area contributed by atoms with Crippen LogP contribution in [-0.2, 0) is 0 Å². The zero-order chi connectivity index (χ0) is 13.1. The third kappa shape index (κ3) is 2.94. The summed E-state index contributed by atoms with van der Waals surface area (Å²) in [5.41, 5.74) is 3.75. The lowest BCUT2D eigenvalue weighted by Gasteiger charge is -2.17. The fraction of sp³-hybridized carbons (Fsp3) is 0.333. The van der Waals surface area contributed by atoms with Crippen molar-refractivity contribution in [1.29, 1.82) is 0 Å². The fourth-order valence-electron chi connectivity index (χ4n) is 2.06. The minimum absolute atomic E-state index is 0.242. The van der Waals surface area contributed by atoms with Gasteiger partial charge in [-0.25, -0.2) is 0 Å². The van der Waals surface area contributed by atoms with E-state index in [1.807, 2.05) is 0 Å². The summed E-state index contributed by atoms with van der Waals surface area (Å²) in [6, 6.07) is 11.1. The Morgan fingerprint density at radius 3 is 2.61 bits per heavy atom. The molecule has 0 aliphatic rings. The zero-order valence-electron chi connectivity index (χ0n) is 11.0. The van der Waals surface area contributed by atoms with Gasteiger partial charge in [0, 0.05) is 4.88 Å². The number of rotatable bonds is 4. The number of hydrogen-bond donors (Lipinski definition) is 1. The van der Waals surface area contributed by atoms with Gasteiger partial charge in [0.25, 0.3) is 0 Å². The molecule has 0 bridgehead atoms. The molecule has 0 fully saturated rings. The summed E-state index contributed by atoms with van der Waals surface area (Å²) in [6.45, 7) is 7.25. The monoisotopic (exact) mass is 279 g/mol. The molecule has 2 aromatic rings. The summed E-state index contributed by atoms with van der Waals surface area (Å²) in [5, 5.41) is 3.53. The number of thiophene rings is 1. The van der Waals surface area contributed by atoms with Crippen LogP contribution >= 0.6 is 22.9 Å². The number of aryl methyl sites for hydroxylation is 2. The van der Waals surface area contributed by atoms with Gasteiger partial charge in [-0.15, -0.1) is 11.3 Å². The van der Waals surface area contributed by atoms with Crippen molar-refractivity contribution in [1.82, 2.24) is 5.32 Å². The number of halogens is 1. The second-order valence-corrected chi connectivity index (χ2v) is 6.20. The normalized spacial score (nSPS) is 12.7. The first-order chi connectivity index (χ1) is 8.61. The van der Waals surface area contributed by atoms with E-state index < -0.39 is 0 Å². The second-order valence-electron chi connectivity index (χ2n) is 4.51. The average Bonchev–Trinajstić information content (AvgIpc) is 2.66. The number of benzene rings is 1. The van der Waals surface area contributed by atoms with Crippen LogP contribution in [0.4, 0.5) is 0 Å². The van der Waals surface area contributed by atoms with E-state index in [-0.39, 0.29) is 6.04 Å². The molecule has 1 N–H and O–H groups in total. The van der Waals surface area contributed by atoms with Crippen LogP contribution in [-0.4, -0.2) is 6.54 Å². The lowest BCUT2D eigenvalue weighted by atomic mass is 10.0. The first-order valence-corrected chi connectivity index (χ1v) is 7.37. The van der Waals surface area contributed by atoms with Crippen LogP contribution in [0.15, 0.2) is 30.3 Å². The lowest BCUT2D eigenvalue weighted by molar-refractivity contribution is 0.639. The standard InChI is InChI=1S/C15H18ClNS/c1-4-17-14(12-7-5-6-10(2)8-12)13-9-11(3)15(16)18-13/h5-9,14,17H,4H2,1-3H3. The molecule has 2 rings (SSSR count). The highest BCUT2D eigenvalue weighted by atomic mass is 35.5. The Kier molecular flexibility index (Phi) is 4.44. The highest BCUT2D eigenvalue weighted by Crippen LogP contribution is 2.34. The molecule has 0 saturated carbocycles. The smallest absolute Gasteiger partial charge is 0.0961 e. The molecule has 0 saturated heterocycles. The third-order valence-electron chi connectivity index (χ3n) is 2.94. The molecule has 18 heavy (non-hydrogen) atoms. The molecule has 1 aromatic carbocycles. The minimum atomic E-state index is 0.242. The van der Waals surface area contributed by atoms with E-state index in [0.29, 0.717) is 0 Å². The Morgan fingerprint density at radius 2 is 2.06 bits per heavy atom. The van der Waals surface area contributed by atoms with Crippen molar-refractivity contribution in [2.45, 2.75) is 26.8 Å². The summed E-state index contributed by atoms with van der Waals surface area (Å²) in [5.74, 6) is 0. The first-order valence-electron chi connectivity index (χ1n) is 6.17. The molecule has 0 aliphatic carbocycles. The maximum Gasteiger partial charge on any atom is 0.0961 e. The van der Waals surface area contributed by atoms with E-state index in [1.54, 1.807) is 11.3 Å². The van der Waals surface area contributed by atoms with Crippen LogP contribution in [0, 0.1) is 13.8 Å². The summed E-state index contributed by atoms with van der Waals surface area (Å²) < 4.78 is 0.889. The van der Waals surface area contributed by atoms with Gasteiger partial charge in [0.15, 0.2) is 0 Å². The zero-order valence-corrected chi connectivity index (χ0v) is 12.5. The van der Waals surface area contributed by atoms with E-state index in [9.17, 15) is 0 Å². The van der Waals surface area contributed by atoms with Crippen LogP contribution in [0.25, 0.3) is 0 Å². The number of nitrogens with one attached hydrogen (secondary N) is 1. The maximum atomic E-state index is 6.18. The Bertz CT molecular complexity index is 514. The van der Waals surface area contributed by atoms with E-state index in [0.717, 1.165) is 16.4 Å². The van der Waals surface area contributed by atoms with Crippen LogP contribution in [0.1, 0.15) is 34.5 Å². The average molecular weight is 280 g/mol. The summed E-state index contributed by atoms with van der Waals surface area (Å²) in [4.78, 5) is 1.28. The van der Waals surface area contributed by atoms with E-state index in [4.69, 9.17) is 11.6 Å². The van der Waals surface area contributed by atoms with Crippen molar-refractivity contribution in [3.63, 3.8) is 0 Å². The second kappa shape index (κ2) is 5.87. The van der Waals surface area contributed by atoms with Crippen molar-refractivity contribution < 1.29 is 0 Å². The van der Waals surface area contributed by atoms with Gasteiger partial charge in [-0.1, -0.05) is 48.4 Å². The Morgan fingerprint density at radius 1 is 1.28 bits per heavy atom. The molecule has 1 nitrogen and oxygen atoms in total. The highest BCUT2D eigenvalue weighted by molar-refractivity contribution is 7.16. The van der Waals surface area contributed by atoms with Gasteiger partial charge in [-0.3, -0.25) is 0 Å². The highest BCUT2D eigenvalue weighted by Gasteiger charge is 2.16. The maximum absolute atomic E-state index is 6.18. The van der Waals surface area contributed by atoms with Gasteiger partial charge in [-0.2, -0.15) is 0 Å². The molecular weight excluding hydrogens is 262 g/mol. The predicted molar refractivity (Wildman–Crippen MR) is 80.8 cm³/mol.